The fourth-order valence-electron chi connectivity index (χ4n) is 3.10. The van der Waals surface area contributed by atoms with E-state index in [4.69, 9.17) is 0 Å². The van der Waals surface area contributed by atoms with Crippen molar-refractivity contribution < 1.29 is 17.9 Å². The lowest BCUT2D eigenvalue weighted by atomic mass is 10.1. The molecule has 9 heteroatoms. The van der Waals surface area contributed by atoms with Gasteiger partial charge in [-0.3, -0.25) is 9.67 Å². The van der Waals surface area contributed by atoms with E-state index in [0.717, 1.165) is 22.8 Å². The van der Waals surface area contributed by atoms with Gasteiger partial charge in [-0.2, -0.15) is 18.3 Å². The highest BCUT2D eigenvalue weighted by molar-refractivity contribution is 5.79. The van der Waals surface area contributed by atoms with Crippen molar-refractivity contribution in [2.24, 2.45) is 12.0 Å². The predicted octanol–water partition coefficient (Wildman–Crippen LogP) is 3.83. The smallest absolute Gasteiger partial charge is 0.367 e. The zero-order valence-corrected chi connectivity index (χ0v) is 18.1. The van der Waals surface area contributed by atoms with Crippen molar-refractivity contribution in [3.63, 3.8) is 0 Å². The van der Waals surface area contributed by atoms with E-state index in [0.29, 0.717) is 24.6 Å². The van der Waals surface area contributed by atoms with Gasteiger partial charge in [-0.25, -0.2) is 0 Å². The Morgan fingerprint density at radius 3 is 2.43 bits per heavy atom. The molecule has 0 amide bonds. The second-order valence-electron chi connectivity index (χ2n) is 7.55. The van der Waals surface area contributed by atoms with Crippen molar-refractivity contribution in [3.05, 3.63) is 52.8 Å². The van der Waals surface area contributed by atoms with Gasteiger partial charge in [-0.1, -0.05) is 38.1 Å². The van der Waals surface area contributed by atoms with Crippen LogP contribution in [0.2, 0.25) is 0 Å². The summed E-state index contributed by atoms with van der Waals surface area (Å²) in [4.78, 5) is 6.37. The van der Waals surface area contributed by atoms with Crippen molar-refractivity contribution in [3.8, 4) is 0 Å². The van der Waals surface area contributed by atoms with Crippen LogP contribution in [0.15, 0.2) is 35.5 Å². The van der Waals surface area contributed by atoms with Crippen LogP contribution >= 0.6 is 0 Å². The SMILES string of the molecule is CN=C(NCc1ccc(COCC(F)(F)F)cc1)N(C)Cc1cn(C)nc1C(C)C. The van der Waals surface area contributed by atoms with Gasteiger partial charge in [0.05, 0.1) is 12.3 Å². The minimum atomic E-state index is -4.31. The number of aryl methyl sites for hydroxylation is 1. The fraction of sp³-hybridized carbons (Fsp3) is 0.524. The van der Waals surface area contributed by atoms with Gasteiger partial charge >= 0.3 is 6.18 Å². The molecule has 2 aromatic rings. The first kappa shape index (κ1) is 23.7. The monoisotopic (exact) mass is 425 g/mol. The van der Waals surface area contributed by atoms with Crippen LogP contribution in [0.5, 0.6) is 0 Å². The molecule has 0 bridgehead atoms. The number of guanidine groups is 1. The highest BCUT2D eigenvalue weighted by atomic mass is 19.4. The Bertz CT molecular complexity index is 828. The van der Waals surface area contributed by atoms with Crippen LogP contribution < -0.4 is 5.32 Å². The highest BCUT2D eigenvalue weighted by Gasteiger charge is 2.27. The summed E-state index contributed by atoms with van der Waals surface area (Å²) in [6, 6.07) is 7.27. The maximum Gasteiger partial charge on any atom is 0.411 e. The summed E-state index contributed by atoms with van der Waals surface area (Å²) >= 11 is 0. The summed E-state index contributed by atoms with van der Waals surface area (Å²) in [6.45, 7) is 4.16. The Kier molecular flexibility index (Phi) is 8.28. The average molecular weight is 425 g/mol. The van der Waals surface area contributed by atoms with Gasteiger partial charge in [0, 0.05) is 46.0 Å². The number of halogens is 3. The van der Waals surface area contributed by atoms with Gasteiger partial charge in [0.1, 0.15) is 6.61 Å². The number of hydrogen-bond donors (Lipinski definition) is 1. The summed E-state index contributed by atoms with van der Waals surface area (Å²) in [5, 5.41) is 7.85. The second kappa shape index (κ2) is 10.5. The number of hydrogen-bond acceptors (Lipinski definition) is 3. The van der Waals surface area contributed by atoms with Gasteiger partial charge in [0.15, 0.2) is 5.96 Å². The molecule has 166 valence electrons. The molecule has 0 atom stereocenters. The Morgan fingerprint density at radius 1 is 1.23 bits per heavy atom. The van der Waals surface area contributed by atoms with Gasteiger partial charge in [-0.05, 0) is 17.0 Å². The molecule has 0 aliphatic carbocycles. The first-order chi connectivity index (χ1) is 14.1. The van der Waals surface area contributed by atoms with Crippen LogP contribution in [-0.2, 0) is 31.5 Å². The van der Waals surface area contributed by atoms with E-state index in [1.165, 1.54) is 0 Å². The lowest BCUT2D eigenvalue weighted by molar-refractivity contribution is -0.176. The number of aliphatic imine (C=N–C) groups is 1. The van der Waals surface area contributed by atoms with E-state index < -0.39 is 12.8 Å². The lowest BCUT2D eigenvalue weighted by Gasteiger charge is -2.22. The van der Waals surface area contributed by atoms with Gasteiger partial charge in [0.25, 0.3) is 0 Å². The van der Waals surface area contributed by atoms with E-state index in [-0.39, 0.29) is 6.61 Å². The van der Waals surface area contributed by atoms with Crippen LogP contribution in [0, 0.1) is 0 Å². The Labute approximate surface area is 175 Å². The molecule has 2 rings (SSSR count). The van der Waals surface area contributed by atoms with Gasteiger partial charge in [-0.15, -0.1) is 0 Å². The minimum Gasteiger partial charge on any atom is -0.367 e. The van der Waals surface area contributed by atoms with Crippen LogP contribution in [0.1, 0.15) is 42.1 Å². The number of aromatic nitrogens is 2. The molecule has 0 saturated carbocycles. The maximum atomic E-state index is 12.1. The van der Waals surface area contributed by atoms with Crippen LogP contribution in [0.3, 0.4) is 0 Å². The van der Waals surface area contributed by atoms with Crippen molar-refractivity contribution in [2.45, 2.75) is 45.6 Å². The fourth-order valence-corrected chi connectivity index (χ4v) is 3.10. The number of ether oxygens (including phenoxy) is 1. The van der Waals surface area contributed by atoms with E-state index >= 15 is 0 Å². The molecular weight excluding hydrogens is 395 g/mol. The molecule has 0 spiro atoms. The molecule has 0 aliphatic heterocycles. The first-order valence-corrected chi connectivity index (χ1v) is 9.75. The molecular formula is C21H30F3N5O. The number of alkyl halides is 3. The third-order valence-corrected chi connectivity index (χ3v) is 4.47. The third kappa shape index (κ3) is 7.37. The zero-order valence-electron chi connectivity index (χ0n) is 18.1. The molecule has 30 heavy (non-hydrogen) atoms. The highest BCUT2D eigenvalue weighted by Crippen LogP contribution is 2.19. The largest absolute Gasteiger partial charge is 0.411 e. The Morgan fingerprint density at radius 2 is 1.87 bits per heavy atom. The van der Waals surface area contributed by atoms with Crippen LogP contribution in [-0.4, -0.2) is 47.5 Å². The van der Waals surface area contributed by atoms with Crippen molar-refractivity contribution in [1.29, 1.82) is 0 Å². The number of benzene rings is 1. The van der Waals surface area contributed by atoms with Crippen molar-refractivity contribution in [2.75, 3.05) is 20.7 Å². The Hall–Kier alpha value is -2.55. The molecule has 6 nitrogen and oxygen atoms in total. The zero-order chi connectivity index (χ0) is 22.3. The van der Waals surface area contributed by atoms with Crippen LogP contribution in [0.25, 0.3) is 0 Å². The Balaban J connectivity index is 1.89. The minimum absolute atomic E-state index is 0.0685. The maximum absolute atomic E-state index is 12.1. The molecule has 0 radical (unpaired) electrons. The molecule has 1 aromatic carbocycles. The summed E-state index contributed by atoms with van der Waals surface area (Å²) in [5.41, 5.74) is 3.92. The molecule has 1 heterocycles. The van der Waals surface area contributed by atoms with Crippen molar-refractivity contribution in [1.82, 2.24) is 20.0 Å². The number of nitrogens with one attached hydrogen (secondary N) is 1. The van der Waals surface area contributed by atoms with Gasteiger partial charge in [0.2, 0.25) is 0 Å². The summed E-state index contributed by atoms with van der Waals surface area (Å²) in [5.74, 6) is 1.08. The second-order valence-corrected chi connectivity index (χ2v) is 7.55. The molecule has 1 N–H and O–H groups in total. The molecule has 0 fully saturated rings. The summed E-state index contributed by atoms with van der Waals surface area (Å²) in [7, 11) is 5.61. The topological polar surface area (TPSA) is 54.7 Å². The third-order valence-electron chi connectivity index (χ3n) is 4.47. The molecule has 0 saturated heterocycles. The lowest BCUT2D eigenvalue weighted by Crippen LogP contribution is -2.38. The average Bonchev–Trinajstić information content (AvgIpc) is 3.03. The first-order valence-electron chi connectivity index (χ1n) is 9.75. The molecule has 1 aromatic heterocycles. The normalized spacial score (nSPS) is 12.5. The van der Waals surface area contributed by atoms with E-state index in [1.807, 2.05) is 42.0 Å². The summed E-state index contributed by atoms with van der Waals surface area (Å²) in [6.07, 6.45) is -2.28. The van der Waals surface area contributed by atoms with Gasteiger partial charge < -0.3 is 15.0 Å². The molecule has 0 aliphatic rings. The van der Waals surface area contributed by atoms with E-state index in [1.54, 1.807) is 19.2 Å². The summed E-state index contributed by atoms with van der Waals surface area (Å²) < 4.78 is 42.9. The van der Waals surface area contributed by atoms with Crippen molar-refractivity contribution >= 4 is 5.96 Å². The van der Waals surface area contributed by atoms with E-state index in [9.17, 15) is 13.2 Å². The number of nitrogens with zero attached hydrogens (tertiary/aromatic N) is 4. The number of rotatable bonds is 8. The standard InChI is InChI=1S/C21H30F3N5O/c1-15(2)19-18(12-29(5)27-19)11-28(4)20(25-3)26-10-16-6-8-17(9-7-16)13-30-14-21(22,23)24/h6-9,12,15H,10-11,13-14H2,1-5H3,(H,25,26). The predicted molar refractivity (Wildman–Crippen MR) is 111 cm³/mol. The quantitative estimate of drug-likeness (QED) is 0.516. The molecule has 0 unspecified atom stereocenters. The van der Waals surface area contributed by atoms with Crippen LogP contribution in [0.4, 0.5) is 13.2 Å². The van der Waals surface area contributed by atoms with E-state index in [2.05, 4.69) is 34.0 Å².